The standard InChI is InChI=1S/C46H37NS/c1-2-34-41(47-42-19-9-7-16-37(42)40-27-30-13-3-4-14-31(30)28-43(40)47)20-11-18-39-38-17-8-10-21-44(38)48-46(39)45(34)33-24-25-36-32(26-33)23-22-29-12-5-6-15-35(29)36/h3-10,12-17,19,21-28,34,41,45H,2,11,18,20H2,1H3. The zero-order chi connectivity index (χ0) is 31.8. The molecule has 0 bridgehead atoms. The average Bonchev–Trinajstić information content (AvgIpc) is 3.65. The predicted molar refractivity (Wildman–Crippen MR) is 208 cm³/mol. The van der Waals surface area contributed by atoms with Gasteiger partial charge < -0.3 is 4.57 Å². The third kappa shape index (κ3) is 4.22. The van der Waals surface area contributed by atoms with Crippen LogP contribution in [-0.4, -0.2) is 4.57 Å². The van der Waals surface area contributed by atoms with Crippen LogP contribution in [0.3, 0.4) is 0 Å². The van der Waals surface area contributed by atoms with E-state index in [1.54, 1.807) is 10.4 Å². The number of hydrogen-bond donors (Lipinski definition) is 0. The molecule has 48 heavy (non-hydrogen) atoms. The number of fused-ring (bicyclic) bond motifs is 10. The number of hydrogen-bond acceptors (Lipinski definition) is 1. The first-order valence-electron chi connectivity index (χ1n) is 17.6. The lowest BCUT2D eigenvalue weighted by Gasteiger charge is -2.37. The van der Waals surface area contributed by atoms with Gasteiger partial charge in [-0.05, 0) is 98.3 Å². The predicted octanol–water partition coefficient (Wildman–Crippen LogP) is 13.2. The van der Waals surface area contributed by atoms with Crippen LogP contribution < -0.4 is 0 Å². The second-order valence-corrected chi connectivity index (χ2v) is 14.9. The Kier molecular flexibility index (Phi) is 6.49. The van der Waals surface area contributed by atoms with Gasteiger partial charge in [0.15, 0.2) is 0 Å². The molecule has 3 atom stereocenters. The zero-order valence-corrected chi connectivity index (χ0v) is 28.0. The quantitative estimate of drug-likeness (QED) is 0.170. The van der Waals surface area contributed by atoms with Gasteiger partial charge in [0.2, 0.25) is 0 Å². The Morgan fingerprint density at radius 2 is 1.27 bits per heavy atom. The van der Waals surface area contributed by atoms with Gasteiger partial charge in [-0.25, -0.2) is 0 Å². The molecular formula is C46H37NS. The van der Waals surface area contributed by atoms with Crippen molar-refractivity contribution in [1.82, 2.24) is 4.57 Å². The number of benzene rings is 7. The zero-order valence-electron chi connectivity index (χ0n) is 27.2. The molecule has 0 aliphatic heterocycles. The molecule has 1 aliphatic carbocycles. The summed E-state index contributed by atoms with van der Waals surface area (Å²) in [7, 11) is 0. The van der Waals surface area contributed by atoms with Gasteiger partial charge in [-0.1, -0.05) is 129 Å². The molecule has 9 aromatic rings. The molecular weight excluding hydrogens is 599 g/mol. The number of rotatable bonds is 3. The molecule has 0 amide bonds. The van der Waals surface area contributed by atoms with Crippen molar-refractivity contribution in [3.63, 3.8) is 0 Å². The summed E-state index contributed by atoms with van der Waals surface area (Å²) in [6.07, 6.45) is 4.59. The van der Waals surface area contributed by atoms with E-state index in [0.717, 1.165) is 19.3 Å². The molecule has 10 rings (SSSR count). The molecule has 1 nitrogen and oxygen atoms in total. The first kappa shape index (κ1) is 28.1. The first-order chi connectivity index (χ1) is 23.8. The van der Waals surface area contributed by atoms with Gasteiger partial charge in [0.1, 0.15) is 0 Å². The summed E-state index contributed by atoms with van der Waals surface area (Å²) in [6.45, 7) is 2.44. The lowest BCUT2D eigenvalue weighted by molar-refractivity contribution is 0.277. The van der Waals surface area contributed by atoms with Crippen LogP contribution in [0.4, 0.5) is 0 Å². The smallest absolute Gasteiger partial charge is 0.0500 e. The van der Waals surface area contributed by atoms with Crippen molar-refractivity contribution in [1.29, 1.82) is 0 Å². The molecule has 0 saturated heterocycles. The Morgan fingerprint density at radius 1 is 0.583 bits per heavy atom. The van der Waals surface area contributed by atoms with Crippen LogP contribution in [0.5, 0.6) is 0 Å². The number of aromatic nitrogens is 1. The van der Waals surface area contributed by atoms with Crippen LogP contribution in [0, 0.1) is 5.92 Å². The van der Waals surface area contributed by atoms with E-state index in [-0.39, 0.29) is 0 Å². The summed E-state index contributed by atoms with van der Waals surface area (Å²) in [5, 5.41) is 12.2. The fraction of sp³-hybridized carbons (Fsp3) is 0.174. The van der Waals surface area contributed by atoms with Gasteiger partial charge in [0, 0.05) is 37.8 Å². The highest BCUT2D eigenvalue weighted by Crippen LogP contribution is 2.52. The van der Waals surface area contributed by atoms with Crippen molar-refractivity contribution in [3.05, 3.63) is 156 Å². The largest absolute Gasteiger partial charge is 0.337 e. The summed E-state index contributed by atoms with van der Waals surface area (Å²) >= 11 is 2.05. The molecule has 1 aliphatic rings. The lowest BCUT2D eigenvalue weighted by Crippen LogP contribution is -2.27. The maximum atomic E-state index is 2.77. The third-order valence-electron chi connectivity index (χ3n) is 11.4. The van der Waals surface area contributed by atoms with Gasteiger partial charge in [0.25, 0.3) is 0 Å². The minimum atomic E-state index is 0.306. The Balaban J connectivity index is 1.24. The summed E-state index contributed by atoms with van der Waals surface area (Å²) in [6, 6.07) is 53.3. The van der Waals surface area contributed by atoms with E-state index in [9.17, 15) is 0 Å². The van der Waals surface area contributed by atoms with Gasteiger partial charge in [0.05, 0.1) is 5.52 Å². The van der Waals surface area contributed by atoms with Gasteiger partial charge in [-0.2, -0.15) is 0 Å². The summed E-state index contributed by atoms with van der Waals surface area (Å²) in [5.74, 6) is 0.737. The van der Waals surface area contributed by atoms with Crippen molar-refractivity contribution in [3.8, 4) is 0 Å². The highest BCUT2D eigenvalue weighted by Gasteiger charge is 2.37. The molecule has 0 fully saturated rings. The molecule has 0 spiro atoms. The third-order valence-corrected chi connectivity index (χ3v) is 12.7. The number of nitrogens with zero attached hydrogens (tertiary/aromatic N) is 1. The molecule has 2 heterocycles. The van der Waals surface area contributed by atoms with E-state index < -0.39 is 0 Å². The molecule has 0 radical (unpaired) electrons. The number of para-hydroxylation sites is 1. The number of aryl methyl sites for hydroxylation is 1. The molecule has 0 N–H and O–H groups in total. The van der Waals surface area contributed by atoms with Crippen LogP contribution in [0.15, 0.2) is 140 Å². The van der Waals surface area contributed by atoms with Gasteiger partial charge >= 0.3 is 0 Å². The number of thiophene rings is 1. The Morgan fingerprint density at radius 3 is 2.12 bits per heavy atom. The summed E-state index contributed by atoms with van der Waals surface area (Å²) < 4.78 is 4.20. The molecule has 2 heteroatoms. The molecule has 232 valence electrons. The van der Waals surface area contributed by atoms with Crippen LogP contribution in [0.1, 0.15) is 54.1 Å². The first-order valence-corrected chi connectivity index (χ1v) is 18.4. The normalized spacial score (nSPS) is 18.6. The highest BCUT2D eigenvalue weighted by atomic mass is 32.1. The summed E-state index contributed by atoms with van der Waals surface area (Å²) in [5.41, 5.74) is 5.78. The molecule has 3 unspecified atom stereocenters. The maximum Gasteiger partial charge on any atom is 0.0500 e. The molecule has 7 aromatic carbocycles. The van der Waals surface area contributed by atoms with Crippen LogP contribution in [-0.2, 0) is 6.42 Å². The van der Waals surface area contributed by atoms with Crippen LogP contribution in [0.2, 0.25) is 0 Å². The van der Waals surface area contributed by atoms with Crippen molar-refractivity contribution in [2.45, 2.75) is 44.6 Å². The monoisotopic (exact) mass is 635 g/mol. The Labute approximate surface area is 285 Å². The van der Waals surface area contributed by atoms with Gasteiger partial charge in [-0.3, -0.25) is 0 Å². The van der Waals surface area contributed by atoms with E-state index in [0.29, 0.717) is 17.9 Å². The van der Waals surface area contributed by atoms with E-state index in [1.807, 2.05) is 0 Å². The van der Waals surface area contributed by atoms with E-state index in [2.05, 4.69) is 162 Å². The minimum Gasteiger partial charge on any atom is -0.337 e. The van der Waals surface area contributed by atoms with Crippen molar-refractivity contribution in [2.24, 2.45) is 5.92 Å². The van der Waals surface area contributed by atoms with E-state index >= 15 is 0 Å². The Bertz CT molecular complexity index is 2670. The topological polar surface area (TPSA) is 4.93 Å². The SMILES string of the molecule is CCC1C(c2ccc3c(ccc4ccccc43)c2)c2sc3ccccc3c2CCCC1n1c2ccccc2c2cc3ccccc3cc21. The van der Waals surface area contributed by atoms with Crippen LogP contribution >= 0.6 is 11.3 Å². The minimum absolute atomic E-state index is 0.306. The second-order valence-electron chi connectivity index (χ2n) is 13.8. The Hall–Kier alpha value is -4.92. The van der Waals surface area contributed by atoms with Crippen molar-refractivity contribution in [2.75, 3.05) is 0 Å². The van der Waals surface area contributed by atoms with Gasteiger partial charge in [-0.15, -0.1) is 11.3 Å². The van der Waals surface area contributed by atoms with E-state index in [4.69, 9.17) is 0 Å². The van der Waals surface area contributed by atoms with Crippen molar-refractivity contribution < 1.29 is 0 Å². The highest BCUT2D eigenvalue weighted by molar-refractivity contribution is 7.19. The molecule has 2 aromatic heterocycles. The van der Waals surface area contributed by atoms with E-state index in [1.165, 1.54) is 76.2 Å². The van der Waals surface area contributed by atoms with Crippen LogP contribution in [0.25, 0.3) is 64.2 Å². The fourth-order valence-electron chi connectivity index (χ4n) is 9.24. The average molecular weight is 636 g/mol. The van der Waals surface area contributed by atoms with Crippen molar-refractivity contribution >= 4 is 75.5 Å². The maximum absolute atomic E-state index is 2.77. The second kappa shape index (κ2) is 11.1. The fourth-order valence-corrected chi connectivity index (χ4v) is 10.7. The molecule has 0 saturated carbocycles. The summed E-state index contributed by atoms with van der Waals surface area (Å²) in [4.78, 5) is 1.58. The lowest BCUT2D eigenvalue weighted by atomic mass is 9.73.